The Kier molecular flexibility index (Phi) is 4.54. The summed E-state index contributed by atoms with van der Waals surface area (Å²) < 4.78 is 1.92. The molecule has 0 radical (unpaired) electrons. The number of imidazole rings is 1. The Labute approximate surface area is 185 Å². The summed E-state index contributed by atoms with van der Waals surface area (Å²) in [7, 11) is 3.95. The van der Waals surface area contributed by atoms with Crippen LogP contribution in [0.5, 0.6) is 0 Å². The van der Waals surface area contributed by atoms with Crippen molar-refractivity contribution in [3.05, 3.63) is 78.4 Å². The minimum Gasteiger partial charge on any atom is -0.362 e. The van der Waals surface area contributed by atoms with E-state index in [1.807, 2.05) is 60.0 Å². The predicted molar refractivity (Wildman–Crippen MR) is 127 cm³/mol. The number of rotatable bonds is 3. The van der Waals surface area contributed by atoms with Gasteiger partial charge in [0.25, 0.3) is 0 Å². The predicted octanol–water partition coefficient (Wildman–Crippen LogP) is 4.55. The fraction of sp³-hybridized carbons (Fsp3) is 0.0769. The lowest BCUT2D eigenvalue weighted by atomic mass is 10.0. The van der Waals surface area contributed by atoms with Crippen molar-refractivity contribution in [2.45, 2.75) is 0 Å². The topological polar surface area (TPSA) is 70.6 Å². The minimum absolute atomic E-state index is 0.463. The van der Waals surface area contributed by atoms with Gasteiger partial charge in [-0.3, -0.25) is 9.55 Å². The molecule has 0 fully saturated rings. The first-order chi connectivity index (χ1) is 15.6. The van der Waals surface area contributed by atoms with Gasteiger partial charge < -0.3 is 4.90 Å². The van der Waals surface area contributed by atoms with Crippen molar-refractivity contribution in [2.24, 2.45) is 0 Å². The van der Waals surface area contributed by atoms with E-state index in [2.05, 4.69) is 39.1 Å². The van der Waals surface area contributed by atoms with Crippen LogP contribution in [0.25, 0.3) is 38.8 Å². The Balaban J connectivity index is 1.85. The van der Waals surface area contributed by atoms with Crippen LogP contribution in [0.2, 0.25) is 0 Å². The second-order valence-electron chi connectivity index (χ2n) is 7.57. The summed E-state index contributed by atoms with van der Waals surface area (Å²) >= 11 is 0. The van der Waals surface area contributed by atoms with E-state index >= 15 is 0 Å². The average Bonchev–Trinajstić information content (AvgIpc) is 3.23. The Hall–Kier alpha value is -4.68. The van der Waals surface area contributed by atoms with Crippen LogP contribution in [0.4, 0.5) is 5.82 Å². The van der Waals surface area contributed by atoms with E-state index in [-0.39, 0.29) is 0 Å². The first kappa shape index (κ1) is 19.3. The van der Waals surface area contributed by atoms with E-state index in [4.69, 9.17) is 6.42 Å². The summed E-state index contributed by atoms with van der Waals surface area (Å²) in [5, 5.41) is 10.3. The van der Waals surface area contributed by atoms with Gasteiger partial charge in [-0.25, -0.2) is 9.97 Å². The number of aromatic nitrogens is 4. The lowest BCUT2D eigenvalue weighted by Gasteiger charge is -2.16. The van der Waals surface area contributed by atoms with Crippen molar-refractivity contribution in [1.29, 1.82) is 5.26 Å². The molecule has 0 aliphatic rings. The number of anilines is 1. The molecule has 3 heterocycles. The summed E-state index contributed by atoms with van der Waals surface area (Å²) in [6, 6.07) is 19.6. The fourth-order valence-electron chi connectivity index (χ4n) is 3.96. The zero-order chi connectivity index (χ0) is 22.2. The third-order valence-corrected chi connectivity index (χ3v) is 5.37. The molecule has 3 aromatic heterocycles. The number of benzene rings is 2. The van der Waals surface area contributed by atoms with Gasteiger partial charge in [-0.1, -0.05) is 12.1 Å². The van der Waals surface area contributed by atoms with Gasteiger partial charge in [0.1, 0.15) is 11.3 Å². The first-order valence-corrected chi connectivity index (χ1v) is 10.0. The van der Waals surface area contributed by atoms with Crippen LogP contribution in [0, 0.1) is 23.7 Å². The number of hydrogen-bond donors (Lipinski definition) is 0. The molecule has 0 atom stereocenters. The molecule has 5 rings (SSSR count). The molecule has 2 aromatic carbocycles. The number of pyridine rings is 2. The summed E-state index contributed by atoms with van der Waals surface area (Å²) in [6.07, 6.45) is 9.33. The average molecular weight is 414 g/mol. The molecule has 0 spiro atoms. The lowest BCUT2D eigenvalue weighted by Crippen LogP contribution is -2.11. The largest absolute Gasteiger partial charge is 0.362 e. The zero-order valence-corrected chi connectivity index (χ0v) is 17.6. The summed E-state index contributed by atoms with van der Waals surface area (Å²) in [5.74, 6) is 4.02. The fourth-order valence-corrected chi connectivity index (χ4v) is 3.96. The smallest absolute Gasteiger partial charge is 0.190 e. The molecular formula is C26H18N6. The Morgan fingerprint density at radius 1 is 1.00 bits per heavy atom. The maximum atomic E-state index is 9.37. The van der Waals surface area contributed by atoms with Gasteiger partial charge in [0.15, 0.2) is 5.82 Å². The SMILES string of the molecule is C#Cc1nc2cnc3ccc(-c4cccnc4N(C)C)cc3c2n1-c1cccc(C#N)c1. The number of nitriles is 1. The van der Waals surface area contributed by atoms with E-state index in [0.717, 1.165) is 39.1 Å². The van der Waals surface area contributed by atoms with E-state index in [9.17, 15) is 5.26 Å². The molecule has 6 heteroatoms. The monoisotopic (exact) mass is 414 g/mol. The highest BCUT2D eigenvalue weighted by Gasteiger charge is 2.17. The van der Waals surface area contributed by atoms with Crippen LogP contribution in [-0.4, -0.2) is 33.6 Å². The zero-order valence-electron chi connectivity index (χ0n) is 17.6. The molecule has 0 aliphatic heterocycles. The van der Waals surface area contributed by atoms with Crippen molar-refractivity contribution in [2.75, 3.05) is 19.0 Å². The maximum absolute atomic E-state index is 9.37. The van der Waals surface area contributed by atoms with Gasteiger partial charge >= 0.3 is 0 Å². The van der Waals surface area contributed by atoms with Gasteiger partial charge in [0, 0.05) is 36.9 Å². The van der Waals surface area contributed by atoms with E-state index in [1.165, 1.54) is 0 Å². The summed E-state index contributed by atoms with van der Waals surface area (Å²) in [6.45, 7) is 0. The van der Waals surface area contributed by atoms with Crippen LogP contribution >= 0.6 is 0 Å². The standard InChI is InChI=1S/C26H18N6/c1-4-24-30-23-16-29-22-11-10-18(20-9-6-12-28-26(20)31(2)3)14-21(22)25(23)32(24)19-8-5-7-17(13-19)15-27/h1,5-14,16H,2-3H3. The Morgan fingerprint density at radius 2 is 1.88 bits per heavy atom. The molecule has 0 unspecified atom stereocenters. The summed E-state index contributed by atoms with van der Waals surface area (Å²) in [5.41, 5.74) is 5.76. The molecule has 152 valence electrons. The van der Waals surface area contributed by atoms with Gasteiger partial charge in [0.05, 0.1) is 28.9 Å². The van der Waals surface area contributed by atoms with Crippen molar-refractivity contribution >= 4 is 27.8 Å². The Bertz CT molecular complexity index is 1580. The second kappa shape index (κ2) is 7.54. The van der Waals surface area contributed by atoms with Crippen molar-refractivity contribution in [1.82, 2.24) is 19.5 Å². The minimum atomic E-state index is 0.463. The van der Waals surface area contributed by atoms with Crippen LogP contribution in [-0.2, 0) is 0 Å². The van der Waals surface area contributed by atoms with Crippen LogP contribution in [0.15, 0.2) is 67.0 Å². The quantitative estimate of drug-likeness (QED) is 0.405. The first-order valence-electron chi connectivity index (χ1n) is 10.0. The van der Waals surface area contributed by atoms with Crippen molar-refractivity contribution in [3.8, 4) is 35.2 Å². The maximum Gasteiger partial charge on any atom is 0.190 e. The number of fused-ring (bicyclic) bond motifs is 3. The molecule has 6 nitrogen and oxygen atoms in total. The molecule has 32 heavy (non-hydrogen) atoms. The molecule has 5 aromatic rings. The highest BCUT2D eigenvalue weighted by atomic mass is 15.1. The summed E-state index contributed by atoms with van der Waals surface area (Å²) in [4.78, 5) is 15.7. The normalized spacial score (nSPS) is 10.8. The molecule has 0 N–H and O–H groups in total. The third-order valence-electron chi connectivity index (χ3n) is 5.37. The molecule has 0 saturated carbocycles. The van der Waals surface area contributed by atoms with E-state index < -0.39 is 0 Å². The van der Waals surface area contributed by atoms with Crippen molar-refractivity contribution < 1.29 is 0 Å². The van der Waals surface area contributed by atoms with E-state index in [0.29, 0.717) is 16.9 Å². The van der Waals surface area contributed by atoms with Gasteiger partial charge in [0.2, 0.25) is 0 Å². The lowest BCUT2D eigenvalue weighted by molar-refractivity contribution is 1.06. The van der Waals surface area contributed by atoms with Crippen LogP contribution in [0.3, 0.4) is 0 Å². The van der Waals surface area contributed by atoms with Crippen LogP contribution in [0.1, 0.15) is 11.4 Å². The molecule has 0 amide bonds. The molecule has 0 saturated heterocycles. The van der Waals surface area contributed by atoms with Gasteiger partial charge in [-0.05, 0) is 53.9 Å². The Morgan fingerprint density at radius 3 is 2.66 bits per heavy atom. The molecular weight excluding hydrogens is 396 g/mol. The number of terminal acetylenes is 1. The highest BCUT2D eigenvalue weighted by Crippen LogP contribution is 2.33. The van der Waals surface area contributed by atoms with E-state index in [1.54, 1.807) is 18.5 Å². The van der Waals surface area contributed by atoms with Gasteiger partial charge in [-0.2, -0.15) is 5.26 Å². The second-order valence-corrected chi connectivity index (χ2v) is 7.57. The number of hydrogen-bond acceptors (Lipinski definition) is 5. The molecule has 0 bridgehead atoms. The highest BCUT2D eigenvalue weighted by molar-refractivity contribution is 6.05. The van der Waals surface area contributed by atoms with Crippen LogP contribution < -0.4 is 4.90 Å². The van der Waals surface area contributed by atoms with Crippen molar-refractivity contribution in [3.63, 3.8) is 0 Å². The number of nitrogens with zero attached hydrogens (tertiary/aromatic N) is 6. The van der Waals surface area contributed by atoms with Gasteiger partial charge in [-0.15, -0.1) is 6.42 Å². The third kappa shape index (κ3) is 3.03. The molecule has 0 aliphatic carbocycles.